The molecular formula is C24H28N4O. The van der Waals surface area contributed by atoms with E-state index in [0.29, 0.717) is 17.2 Å². The molecular weight excluding hydrogens is 360 g/mol. The number of carbonyl (C=O) groups excluding carboxylic acids is 1. The normalized spacial score (nSPS) is 22.0. The average Bonchev–Trinajstić information content (AvgIpc) is 2.74. The molecule has 1 amide bonds. The summed E-state index contributed by atoms with van der Waals surface area (Å²) in [5.74, 6) is 0.548. The minimum absolute atomic E-state index is 0.0277. The number of piperidine rings is 1. The van der Waals surface area contributed by atoms with Gasteiger partial charge in [-0.1, -0.05) is 44.2 Å². The van der Waals surface area contributed by atoms with E-state index in [2.05, 4.69) is 54.1 Å². The second kappa shape index (κ2) is 7.96. The van der Waals surface area contributed by atoms with Crippen LogP contribution in [-0.4, -0.2) is 46.4 Å². The molecule has 0 bridgehead atoms. The van der Waals surface area contributed by atoms with Crippen molar-refractivity contribution < 1.29 is 4.79 Å². The van der Waals surface area contributed by atoms with E-state index in [9.17, 15) is 4.79 Å². The minimum Gasteiger partial charge on any atom is -0.334 e. The topological polar surface area (TPSA) is 60.2 Å². The smallest absolute Gasteiger partial charge is 0.254 e. The van der Waals surface area contributed by atoms with E-state index >= 15 is 0 Å². The van der Waals surface area contributed by atoms with E-state index in [1.165, 1.54) is 5.56 Å². The number of carbonyl (C=O) groups is 1. The van der Waals surface area contributed by atoms with Crippen molar-refractivity contribution in [1.82, 2.24) is 14.8 Å². The largest absolute Gasteiger partial charge is 0.334 e. The van der Waals surface area contributed by atoms with Crippen LogP contribution in [-0.2, 0) is 6.54 Å². The van der Waals surface area contributed by atoms with E-state index < -0.39 is 0 Å². The van der Waals surface area contributed by atoms with Crippen molar-refractivity contribution in [2.75, 3.05) is 19.6 Å². The highest BCUT2D eigenvalue weighted by Gasteiger charge is 2.51. The third-order valence-electron chi connectivity index (χ3n) is 6.42. The first-order valence-corrected chi connectivity index (χ1v) is 10.4. The van der Waals surface area contributed by atoms with Crippen LogP contribution in [0, 0.1) is 22.7 Å². The molecule has 2 aliphatic rings. The molecule has 1 atom stereocenters. The van der Waals surface area contributed by atoms with Crippen LogP contribution < -0.4 is 0 Å². The number of rotatable bonds is 4. The second-order valence-corrected chi connectivity index (χ2v) is 9.01. The van der Waals surface area contributed by atoms with Crippen LogP contribution >= 0.6 is 0 Å². The number of pyridine rings is 1. The number of hydrogen-bond acceptors (Lipinski definition) is 4. The standard InChI is InChI=1S/C24H28N4O/c1-24(2)17-28(23(29)20-8-11-26-21(14-20)15-25)22(24)19-9-12-27(13-10-19)16-18-6-4-3-5-7-18/h3-8,11,14,19,22H,9-10,12-13,16-17H2,1-2H3. The molecule has 4 rings (SSSR count). The van der Waals surface area contributed by atoms with Gasteiger partial charge in [-0.15, -0.1) is 0 Å². The van der Waals surface area contributed by atoms with E-state index in [4.69, 9.17) is 5.26 Å². The van der Waals surface area contributed by atoms with Crippen LogP contribution in [0.15, 0.2) is 48.7 Å². The van der Waals surface area contributed by atoms with Gasteiger partial charge in [-0.2, -0.15) is 5.26 Å². The zero-order chi connectivity index (χ0) is 20.4. The minimum atomic E-state index is 0.0277. The van der Waals surface area contributed by atoms with Crippen LogP contribution in [0.3, 0.4) is 0 Å². The van der Waals surface area contributed by atoms with Gasteiger partial charge in [0.05, 0.1) is 0 Å². The van der Waals surface area contributed by atoms with Gasteiger partial charge in [0.1, 0.15) is 11.8 Å². The Morgan fingerprint density at radius 3 is 2.59 bits per heavy atom. The van der Waals surface area contributed by atoms with Crippen LogP contribution in [0.4, 0.5) is 0 Å². The van der Waals surface area contributed by atoms with Gasteiger partial charge < -0.3 is 4.90 Å². The van der Waals surface area contributed by atoms with E-state index in [1.54, 1.807) is 18.3 Å². The molecule has 0 saturated carbocycles. The lowest BCUT2D eigenvalue weighted by Gasteiger charge is -2.58. The fourth-order valence-corrected chi connectivity index (χ4v) is 5.09. The number of aromatic nitrogens is 1. The summed E-state index contributed by atoms with van der Waals surface area (Å²) in [6.07, 6.45) is 3.78. The summed E-state index contributed by atoms with van der Waals surface area (Å²) in [7, 11) is 0. The van der Waals surface area contributed by atoms with Crippen molar-refractivity contribution in [2.45, 2.75) is 39.3 Å². The van der Waals surface area contributed by atoms with Crippen molar-refractivity contribution in [1.29, 1.82) is 5.26 Å². The van der Waals surface area contributed by atoms with Crippen molar-refractivity contribution in [2.24, 2.45) is 11.3 Å². The summed E-state index contributed by atoms with van der Waals surface area (Å²) >= 11 is 0. The number of likely N-dealkylation sites (tertiary alicyclic amines) is 2. The van der Waals surface area contributed by atoms with Gasteiger partial charge in [0.2, 0.25) is 0 Å². The quantitative estimate of drug-likeness (QED) is 0.801. The molecule has 5 heteroatoms. The molecule has 0 N–H and O–H groups in total. The molecule has 2 aromatic rings. The van der Waals surface area contributed by atoms with Gasteiger partial charge >= 0.3 is 0 Å². The molecule has 3 heterocycles. The van der Waals surface area contributed by atoms with Gasteiger partial charge in [-0.25, -0.2) is 4.98 Å². The number of nitrogens with zero attached hydrogens (tertiary/aromatic N) is 4. The van der Waals surface area contributed by atoms with Crippen LogP contribution in [0.5, 0.6) is 0 Å². The first-order valence-electron chi connectivity index (χ1n) is 10.4. The Labute approximate surface area is 173 Å². The molecule has 1 aromatic heterocycles. The first kappa shape index (κ1) is 19.6. The van der Waals surface area contributed by atoms with Crippen LogP contribution in [0.2, 0.25) is 0 Å². The zero-order valence-corrected chi connectivity index (χ0v) is 17.2. The summed E-state index contributed by atoms with van der Waals surface area (Å²) in [5, 5.41) is 9.08. The molecule has 2 fully saturated rings. The highest BCUT2D eigenvalue weighted by atomic mass is 16.2. The average molecular weight is 389 g/mol. The van der Waals surface area contributed by atoms with E-state index in [1.807, 2.05) is 11.0 Å². The van der Waals surface area contributed by atoms with Crippen LogP contribution in [0.1, 0.15) is 48.3 Å². The Kier molecular flexibility index (Phi) is 5.38. The fraction of sp³-hybridized carbons (Fsp3) is 0.458. The number of amides is 1. The lowest BCUT2D eigenvalue weighted by molar-refractivity contribution is -0.0714. The predicted octanol–water partition coefficient (Wildman–Crippen LogP) is 3.72. The van der Waals surface area contributed by atoms with Crippen molar-refractivity contribution in [3.63, 3.8) is 0 Å². The monoisotopic (exact) mass is 388 g/mol. The van der Waals surface area contributed by atoms with Gasteiger partial charge in [0.25, 0.3) is 5.91 Å². The summed E-state index contributed by atoms with van der Waals surface area (Å²) in [6, 6.07) is 16.2. The molecule has 150 valence electrons. The fourth-order valence-electron chi connectivity index (χ4n) is 5.09. The maximum Gasteiger partial charge on any atom is 0.254 e. The van der Waals surface area contributed by atoms with E-state index in [-0.39, 0.29) is 17.4 Å². The highest BCUT2D eigenvalue weighted by Crippen LogP contribution is 2.45. The SMILES string of the molecule is CC1(C)CN(C(=O)c2ccnc(C#N)c2)C1C1CCN(Cc2ccccc2)CC1. The van der Waals surface area contributed by atoms with Crippen molar-refractivity contribution in [3.8, 4) is 6.07 Å². The maximum atomic E-state index is 13.1. The third kappa shape index (κ3) is 4.04. The number of benzene rings is 1. The lowest BCUT2D eigenvalue weighted by Crippen LogP contribution is -2.67. The predicted molar refractivity (Wildman–Crippen MR) is 112 cm³/mol. The zero-order valence-electron chi connectivity index (χ0n) is 17.2. The molecule has 2 aliphatic heterocycles. The first-order chi connectivity index (χ1) is 14.0. The summed E-state index contributed by atoms with van der Waals surface area (Å²) in [5.41, 5.74) is 2.35. The molecule has 1 unspecified atom stereocenters. The Hall–Kier alpha value is -2.71. The summed E-state index contributed by atoms with van der Waals surface area (Å²) in [6.45, 7) is 8.45. The molecule has 29 heavy (non-hydrogen) atoms. The van der Waals surface area contributed by atoms with Gasteiger partial charge in [-0.3, -0.25) is 9.69 Å². The van der Waals surface area contributed by atoms with Gasteiger partial charge in [0, 0.05) is 36.3 Å². The molecule has 0 aliphatic carbocycles. The summed E-state index contributed by atoms with van der Waals surface area (Å²) < 4.78 is 0. The number of nitriles is 1. The van der Waals surface area contributed by atoms with E-state index in [0.717, 1.165) is 39.0 Å². The van der Waals surface area contributed by atoms with Crippen molar-refractivity contribution in [3.05, 3.63) is 65.5 Å². The Morgan fingerprint density at radius 2 is 1.93 bits per heavy atom. The highest BCUT2D eigenvalue weighted by molar-refractivity contribution is 5.95. The molecule has 2 saturated heterocycles. The molecule has 5 nitrogen and oxygen atoms in total. The summed E-state index contributed by atoms with van der Waals surface area (Å²) in [4.78, 5) is 21.6. The second-order valence-electron chi connectivity index (χ2n) is 9.01. The molecule has 1 aromatic carbocycles. The van der Waals surface area contributed by atoms with Gasteiger partial charge in [-0.05, 0) is 49.5 Å². The molecule has 0 radical (unpaired) electrons. The number of hydrogen-bond donors (Lipinski definition) is 0. The Morgan fingerprint density at radius 1 is 1.21 bits per heavy atom. The Balaban J connectivity index is 1.41. The van der Waals surface area contributed by atoms with Gasteiger partial charge in [0.15, 0.2) is 0 Å². The molecule has 0 spiro atoms. The Bertz CT molecular complexity index is 910. The lowest BCUT2D eigenvalue weighted by atomic mass is 9.66. The maximum absolute atomic E-state index is 13.1. The third-order valence-corrected chi connectivity index (χ3v) is 6.42. The van der Waals surface area contributed by atoms with Crippen LogP contribution in [0.25, 0.3) is 0 Å². The van der Waals surface area contributed by atoms with Crippen molar-refractivity contribution >= 4 is 5.91 Å².